The Balaban J connectivity index is -0.000000278. The maximum atomic E-state index is 11.0. The Labute approximate surface area is 151 Å². The van der Waals surface area contributed by atoms with Crippen LogP contribution in [0.4, 0.5) is 0 Å². The monoisotopic (exact) mass is 342 g/mol. The van der Waals surface area contributed by atoms with E-state index in [-0.39, 0.29) is 11.7 Å². The summed E-state index contributed by atoms with van der Waals surface area (Å²) in [5.41, 5.74) is 0. The Kier molecular flexibility index (Phi) is 21.3. The molecule has 0 N–H and O–H groups in total. The third-order valence-electron chi connectivity index (χ3n) is 3.01. The molecular formula is C21H42O3. The van der Waals surface area contributed by atoms with Crippen LogP contribution in [0.3, 0.4) is 0 Å². The van der Waals surface area contributed by atoms with Crippen molar-refractivity contribution >= 4 is 17.3 Å². The lowest BCUT2D eigenvalue weighted by atomic mass is 9.99. The molecule has 0 saturated heterocycles. The van der Waals surface area contributed by atoms with Crippen molar-refractivity contribution in [3.05, 3.63) is 0 Å². The van der Waals surface area contributed by atoms with Gasteiger partial charge in [0.1, 0.15) is 17.3 Å². The van der Waals surface area contributed by atoms with Crippen LogP contribution in [0, 0.1) is 17.8 Å². The summed E-state index contributed by atoms with van der Waals surface area (Å²) in [6, 6.07) is 0. The molecule has 0 aromatic rings. The van der Waals surface area contributed by atoms with E-state index >= 15 is 0 Å². The SMILES string of the molecule is CC(=O)CC(C)C.CC(C)CC(=O)C(C)C.CCCC(=O)CCC. The van der Waals surface area contributed by atoms with Gasteiger partial charge in [0.25, 0.3) is 0 Å². The van der Waals surface area contributed by atoms with Crippen LogP contribution in [0.25, 0.3) is 0 Å². The number of carbonyl (C=O) groups is 3. The first kappa shape index (κ1) is 27.8. The summed E-state index contributed by atoms with van der Waals surface area (Å²) in [6.07, 6.45) is 5.00. The first-order valence-corrected chi connectivity index (χ1v) is 9.51. The normalized spacial score (nSPS) is 10.0. The molecule has 0 saturated carbocycles. The van der Waals surface area contributed by atoms with E-state index in [1.54, 1.807) is 6.92 Å². The zero-order valence-corrected chi connectivity index (χ0v) is 17.7. The molecule has 3 heteroatoms. The van der Waals surface area contributed by atoms with Gasteiger partial charge in [0.2, 0.25) is 0 Å². The van der Waals surface area contributed by atoms with Crippen LogP contribution in [0.15, 0.2) is 0 Å². The van der Waals surface area contributed by atoms with Crippen LogP contribution in [0.1, 0.15) is 101 Å². The molecular weight excluding hydrogens is 300 g/mol. The molecule has 3 nitrogen and oxygen atoms in total. The number of carbonyl (C=O) groups excluding carboxylic acids is 3. The summed E-state index contributed by atoms with van der Waals surface area (Å²) in [5, 5.41) is 0. The molecule has 0 aromatic heterocycles. The van der Waals surface area contributed by atoms with Gasteiger partial charge in [-0.15, -0.1) is 0 Å². The van der Waals surface area contributed by atoms with Crippen molar-refractivity contribution in [1.29, 1.82) is 0 Å². The molecule has 0 aliphatic carbocycles. The third-order valence-corrected chi connectivity index (χ3v) is 3.01. The summed E-state index contributed by atoms with van der Waals surface area (Å²) in [6.45, 7) is 17.8. The molecule has 0 atom stereocenters. The number of hydrogen-bond donors (Lipinski definition) is 0. The largest absolute Gasteiger partial charge is 0.300 e. The third kappa shape index (κ3) is 29.1. The standard InChI is InChI=1S/C8H16O.C7H14O.C6H12O/c1-6(2)5-8(9)7(3)4;1-3-5-7(8)6-4-2;1-5(2)4-6(3)7/h6-7H,5H2,1-4H3;3-6H2,1-2H3;5H,4H2,1-3H3. The number of hydrogen-bond acceptors (Lipinski definition) is 3. The lowest BCUT2D eigenvalue weighted by Crippen LogP contribution is -2.09. The highest BCUT2D eigenvalue weighted by Crippen LogP contribution is 2.06. The predicted octanol–water partition coefficient (Wildman–Crippen LogP) is 6.03. The minimum atomic E-state index is 0.215. The topological polar surface area (TPSA) is 51.2 Å². The molecule has 144 valence electrons. The van der Waals surface area contributed by atoms with Crippen molar-refractivity contribution in [3.8, 4) is 0 Å². The van der Waals surface area contributed by atoms with Gasteiger partial charge in [-0.1, -0.05) is 55.4 Å². The van der Waals surface area contributed by atoms with Crippen molar-refractivity contribution in [2.24, 2.45) is 17.8 Å². The van der Waals surface area contributed by atoms with E-state index in [4.69, 9.17) is 0 Å². The van der Waals surface area contributed by atoms with E-state index in [1.165, 1.54) is 0 Å². The average Bonchev–Trinajstić information content (AvgIpc) is 2.38. The molecule has 0 heterocycles. The smallest absolute Gasteiger partial charge is 0.135 e. The van der Waals surface area contributed by atoms with Gasteiger partial charge in [-0.3, -0.25) is 9.59 Å². The molecule has 0 bridgehead atoms. The van der Waals surface area contributed by atoms with Crippen LogP contribution in [-0.4, -0.2) is 17.3 Å². The maximum absolute atomic E-state index is 11.0. The van der Waals surface area contributed by atoms with Gasteiger partial charge in [0, 0.05) is 31.6 Å². The van der Waals surface area contributed by atoms with Crippen molar-refractivity contribution in [3.63, 3.8) is 0 Å². The number of ketones is 3. The maximum Gasteiger partial charge on any atom is 0.135 e. The van der Waals surface area contributed by atoms with Crippen molar-refractivity contribution in [1.82, 2.24) is 0 Å². The second kappa shape index (κ2) is 18.4. The van der Waals surface area contributed by atoms with Gasteiger partial charge in [-0.05, 0) is 31.6 Å². The highest BCUT2D eigenvalue weighted by molar-refractivity contribution is 5.80. The summed E-state index contributed by atoms with van der Waals surface area (Å²) in [7, 11) is 0. The molecule has 0 radical (unpaired) electrons. The van der Waals surface area contributed by atoms with E-state index in [0.29, 0.717) is 23.4 Å². The quantitative estimate of drug-likeness (QED) is 0.513. The van der Waals surface area contributed by atoms with E-state index < -0.39 is 0 Å². The Bertz CT molecular complexity index is 320. The number of Topliss-reactive ketones (excluding diaryl/α,β-unsaturated/α-hetero) is 3. The van der Waals surface area contributed by atoms with E-state index in [2.05, 4.69) is 13.8 Å². The van der Waals surface area contributed by atoms with Crippen LogP contribution >= 0.6 is 0 Å². The fourth-order valence-electron chi connectivity index (χ4n) is 1.90. The minimum Gasteiger partial charge on any atom is -0.300 e. The predicted molar refractivity (Wildman–Crippen MR) is 104 cm³/mol. The molecule has 0 fully saturated rings. The summed E-state index contributed by atoms with van der Waals surface area (Å²) in [4.78, 5) is 31.9. The van der Waals surface area contributed by atoms with Crippen LogP contribution in [0.5, 0.6) is 0 Å². The molecule has 0 amide bonds. The Morgan fingerprint density at radius 3 is 1.21 bits per heavy atom. The molecule has 0 aromatic carbocycles. The lowest BCUT2D eigenvalue weighted by molar-refractivity contribution is -0.122. The molecule has 0 rings (SSSR count). The molecule has 24 heavy (non-hydrogen) atoms. The first-order chi connectivity index (χ1) is 11.0. The van der Waals surface area contributed by atoms with E-state index in [1.807, 2.05) is 41.5 Å². The zero-order chi connectivity index (χ0) is 19.7. The molecule has 0 aliphatic rings. The van der Waals surface area contributed by atoms with Gasteiger partial charge >= 0.3 is 0 Å². The average molecular weight is 343 g/mol. The fraction of sp³-hybridized carbons (Fsp3) is 0.857. The van der Waals surface area contributed by atoms with Gasteiger partial charge < -0.3 is 4.79 Å². The Hall–Kier alpha value is -0.990. The van der Waals surface area contributed by atoms with E-state index in [0.717, 1.165) is 38.5 Å². The summed E-state index contributed by atoms with van der Waals surface area (Å²) >= 11 is 0. The minimum absolute atomic E-state index is 0.215. The fourth-order valence-corrected chi connectivity index (χ4v) is 1.90. The molecule has 0 unspecified atom stereocenters. The van der Waals surface area contributed by atoms with Crippen molar-refractivity contribution < 1.29 is 14.4 Å². The van der Waals surface area contributed by atoms with Crippen molar-refractivity contribution in [2.75, 3.05) is 0 Å². The first-order valence-electron chi connectivity index (χ1n) is 9.51. The highest BCUT2D eigenvalue weighted by atomic mass is 16.1. The van der Waals surface area contributed by atoms with Gasteiger partial charge in [-0.2, -0.15) is 0 Å². The molecule has 0 aliphatic heterocycles. The van der Waals surface area contributed by atoms with Gasteiger partial charge in [0.15, 0.2) is 0 Å². The van der Waals surface area contributed by atoms with Gasteiger partial charge in [-0.25, -0.2) is 0 Å². The second-order valence-electron chi connectivity index (χ2n) is 7.56. The van der Waals surface area contributed by atoms with E-state index in [9.17, 15) is 14.4 Å². The molecule has 0 spiro atoms. The lowest BCUT2D eigenvalue weighted by Gasteiger charge is -2.05. The Morgan fingerprint density at radius 2 is 1.08 bits per heavy atom. The van der Waals surface area contributed by atoms with Crippen LogP contribution < -0.4 is 0 Å². The summed E-state index contributed by atoms with van der Waals surface area (Å²) in [5.74, 6) is 2.33. The second-order valence-corrected chi connectivity index (χ2v) is 7.56. The van der Waals surface area contributed by atoms with Crippen molar-refractivity contribution in [2.45, 2.75) is 101 Å². The zero-order valence-electron chi connectivity index (χ0n) is 17.7. The summed E-state index contributed by atoms with van der Waals surface area (Å²) < 4.78 is 0. The van der Waals surface area contributed by atoms with Crippen LogP contribution in [-0.2, 0) is 14.4 Å². The van der Waals surface area contributed by atoms with Crippen LogP contribution in [0.2, 0.25) is 0 Å². The highest BCUT2D eigenvalue weighted by Gasteiger charge is 2.07. The van der Waals surface area contributed by atoms with Gasteiger partial charge in [0.05, 0.1) is 0 Å². The number of rotatable bonds is 9. The Morgan fingerprint density at radius 1 is 0.708 bits per heavy atom.